The standard InChI is InChI=1S/C10H19O8P/c11-5-9-8(2-4-15-9)18-19(13,14)17-6-10-7(12)1-3-16-10/h7-12H,1-6H2,(H,13,14)/p-1/t7-,8-,9-,10-/m1/s1/i3T,4T/t3-,4-,7+,8+,9+,10+/m0. The van der Waals surface area contributed by atoms with E-state index in [-0.39, 0.29) is 12.8 Å². The lowest BCUT2D eigenvalue weighted by Gasteiger charge is -2.29. The number of aliphatic hydroxyl groups is 2. The van der Waals surface area contributed by atoms with E-state index >= 15 is 0 Å². The molecule has 0 spiro atoms. The Morgan fingerprint density at radius 1 is 1.37 bits per heavy atom. The van der Waals surface area contributed by atoms with Crippen LogP contribution < -0.4 is 4.89 Å². The topological polar surface area (TPSA) is 118 Å². The van der Waals surface area contributed by atoms with E-state index < -0.39 is 58.6 Å². The van der Waals surface area contributed by atoms with Crippen molar-refractivity contribution in [3.63, 3.8) is 0 Å². The van der Waals surface area contributed by atoms with Gasteiger partial charge in [-0.05, 0) is 6.42 Å². The second-order valence-electron chi connectivity index (χ2n) is 4.29. The summed E-state index contributed by atoms with van der Waals surface area (Å²) in [6.45, 7) is -2.80. The highest BCUT2D eigenvalue weighted by Gasteiger charge is 2.33. The zero-order valence-corrected chi connectivity index (χ0v) is 11.0. The summed E-state index contributed by atoms with van der Waals surface area (Å²) >= 11 is 0. The zero-order chi connectivity index (χ0) is 15.6. The van der Waals surface area contributed by atoms with Gasteiger partial charge in [0.05, 0.1) is 28.2 Å². The van der Waals surface area contributed by atoms with Crippen LogP contribution in [0.2, 0.25) is 0 Å². The molecule has 112 valence electrons. The van der Waals surface area contributed by atoms with Gasteiger partial charge in [0, 0.05) is 19.6 Å². The van der Waals surface area contributed by atoms with Crippen LogP contribution in [-0.2, 0) is 23.1 Å². The SMILES string of the molecule is [3H][C@H]1C[C@@H](O)[C@@H](COP(=O)([O-])O[C@@H]2C[C@H]([3H])O[C@@H]2CO)O1. The summed E-state index contributed by atoms with van der Waals surface area (Å²) < 4.78 is 45.7. The minimum Gasteiger partial charge on any atom is -0.756 e. The average Bonchev–Trinajstić information content (AvgIpc) is 2.88. The number of phosphoric acid groups is 1. The predicted octanol–water partition coefficient (Wildman–Crippen LogP) is -1.21. The Balaban J connectivity index is 1.83. The molecule has 0 aromatic heterocycles. The predicted molar refractivity (Wildman–Crippen MR) is 60.2 cm³/mol. The molecule has 2 aliphatic heterocycles. The Bertz CT molecular complexity index is 399. The summed E-state index contributed by atoms with van der Waals surface area (Å²) in [5, 5.41) is 18.5. The van der Waals surface area contributed by atoms with E-state index in [1.54, 1.807) is 0 Å². The molecule has 0 aliphatic carbocycles. The number of ether oxygens (including phenoxy) is 2. The second kappa shape index (κ2) is 6.60. The zero-order valence-electron chi connectivity index (χ0n) is 12.1. The highest BCUT2D eigenvalue weighted by Crippen LogP contribution is 2.42. The van der Waals surface area contributed by atoms with Gasteiger partial charge in [0.25, 0.3) is 7.82 Å². The highest BCUT2D eigenvalue weighted by atomic mass is 31.2. The van der Waals surface area contributed by atoms with Gasteiger partial charge in [-0.2, -0.15) is 0 Å². The van der Waals surface area contributed by atoms with Crippen LogP contribution in [0, 0.1) is 0 Å². The quantitative estimate of drug-likeness (QED) is 0.587. The van der Waals surface area contributed by atoms with E-state index in [2.05, 4.69) is 4.52 Å². The molecule has 0 saturated carbocycles. The first-order chi connectivity index (χ1) is 9.80. The molecule has 9 heteroatoms. The third-order valence-corrected chi connectivity index (χ3v) is 3.89. The number of aliphatic hydroxyl groups excluding tert-OH is 2. The van der Waals surface area contributed by atoms with Gasteiger partial charge in [-0.1, -0.05) is 0 Å². The van der Waals surface area contributed by atoms with E-state index in [0.717, 1.165) is 0 Å². The summed E-state index contributed by atoms with van der Waals surface area (Å²) in [5.74, 6) is 0. The van der Waals surface area contributed by atoms with E-state index in [0.29, 0.717) is 0 Å². The molecule has 0 amide bonds. The first-order valence-electron chi connectivity index (χ1n) is 7.04. The molecule has 0 aromatic carbocycles. The molecule has 7 atom stereocenters. The summed E-state index contributed by atoms with van der Waals surface area (Å²) in [7, 11) is -4.69. The number of rotatable bonds is 6. The van der Waals surface area contributed by atoms with Gasteiger partial charge in [0.15, 0.2) is 0 Å². The van der Waals surface area contributed by atoms with Crippen molar-refractivity contribution in [1.82, 2.24) is 0 Å². The third kappa shape index (κ3) is 4.21. The fraction of sp³-hybridized carbons (Fsp3) is 1.00. The van der Waals surface area contributed by atoms with Crippen molar-refractivity contribution in [2.45, 2.75) is 37.3 Å². The molecular weight excluding hydrogens is 279 g/mol. The van der Waals surface area contributed by atoms with Crippen molar-refractivity contribution in [1.29, 1.82) is 0 Å². The van der Waals surface area contributed by atoms with Crippen LogP contribution in [0.25, 0.3) is 0 Å². The fourth-order valence-electron chi connectivity index (χ4n) is 1.82. The van der Waals surface area contributed by atoms with Crippen LogP contribution >= 0.6 is 7.82 Å². The lowest BCUT2D eigenvalue weighted by Crippen LogP contribution is -2.31. The Hall–Kier alpha value is -0.0500. The maximum atomic E-state index is 11.7. The summed E-state index contributed by atoms with van der Waals surface area (Å²) in [5.41, 5.74) is 0. The van der Waals surface area contributed by atoms with E-state index in [9.17, 15) is 14.6 Å². The molecule has 19 heavy (non-hydrogen) atoms. The molecule has 8 nitrogen and oxygen atoms in total. The summed E-state index contributed by atoms with van der Waals surface area (Å²) in [6, 6.07) is 0. The lowest BCUT2D eigenvalue weighted by molar-refractivity contribution is -0.233. The summed E-state index contributed by atoms with van der Waals surface area (Å²) in [6.07, 6.45) is -3.68. The van der Waals surface area contributed by atoms with Gasteiger partial charge in [-0.3, -0.25) is 4.57 Å². The molecule has 2 heterocycles. The Labute approximate surface area is 113 Å². The molecular formula is C10H18O8P-. The second-order valence-corrected chi connectivity index (χ2v) is 5.65. The van der Waals surface area contributed by atoms with E-state index in [1.807, 2.05) is 0 Å². The molecule has 0 bridgehead atoms. The van der Waals surface area contributed by atoms with Crippen molar-refractivity contribution in [3.8, 4) is 0 Å². The molecule has 1 unspecified atom stereocenters. The van der Waals surface area contributed by atoms with Gasteiger partial charge in [-0.25, -0.2) is 0 Å². The fourth-order valence-corrected chi connectivity index (χ4v) is 2.76. The lowest BCUT2D eigenvalue weighted by atomic mass is 10.2. The van der Waals surface area contributed by atoms with Gasteiger partial charge in [-0.15, -0.1) is 0 Å². The highest BCUT2D eigenvalue weighted by molar-refractivity contribution is 7.45. The molecule has 2 N–H and O–H groups in total. The first-order valence-corrected chi connectivity index (χ1v) is 7.35. The third-order valence-electron chi connectivity index (χ3n) is 2.89. The minimum atomic E-state index is -4.69. The van der Waals surface area contributed by atoms with Crippen LogP contribution in [0.1, 0.15) is 15.6 Å². The van der Waals surface area contributed by atoms with Gasteiger partial charge >= 0.3 is 0 Å². The van der Waals surface area contributed by atoms with Gasteiger partial charge < -0.3 is 33.6 Å². The smallest absolute Gasteiger partial charge is 0.268 e. The largest absolute Gasteiger partial charge is 0.756 e. The molecule has 0 aromatic rings. The molecule has 2 saturated heterocycles. The van der Waals surface area contributed by atoms with Crippen molar-refractivity contribution in [2.75, 3.05) is 26.4 Å². The van der Waals surface area contributed by atoms with Gasteiger partial charge in [0.2, 0.25) is 0 Å². The van der Waals surface area contributed by atoms with Crippen LogP contribution in [0.5, 0.6) is 0 Å². The Kier molecular flexibility index (Phi) is 4.40. The molecule has 2 rings (SSSR count). The van der Waals surface area contributed by atoms with Crippen molar-refractivity contribution < 1.29 is 40.9 Å². The number of hydrogen-bond acceptors (Lipinski definition) is 8. The summed E-state index contributed by atoms with van der Waals surface area (Å²) in [4.78, 5) is 11.7. The monoisotopic (exact) mass is 301 g/mol. The van der Waals surface area contributed by atoms with Gasteiger partial charge in [0.1, 0.15) is 12.2 Å². The Morgan fingerprint density at radius 3 is 2.68 bits per heavy atom. The van der Waals surface area contributed by atoms with Crippen molar-refractivity contribution in [2.24, 2.45) is 0 Å². The van der Waals surface area contributed by atoms with Crippen LogP contribution in [0.15, 0.2) is 0 Å². The van der Waals surface area contributed by atoms with Crippen LogP contribution in [0.3, 0.4) is 0 Å². The van der Waals surface area contributed by atoms with Crippen LogP contribution in [-0.4, -0.2) is 61.0 Å². The normalized spacial score (nSPS) is 47.7. The number of hydrogen-bond donors (Lipinski definition) is 2. The first kappa shape index (κ1) is 12.7. The molecule has 2 fully saturated rings. The molecule has 0 radical (unpaired) electrons. The Morgan fingerprint density at radius 2 is 2.05 bits per heavy atom. The maximum absolute atomic E-state index is 11.7. The average molecular weight is 301 g/mol. The number of phosphoric ester groups is 1. The van der Waals surface area contributed by atoms with E-state index in [1.165, 1.54) is 0 Å². The van der Waals surface area contributed by atoms with Crippen LogP contribution in [0.4, 0.5) is 0 Å². The molecule has 2 aliphatic rings. The van der Waals surface area contributed by atoms with E-state index in [4.69, 9.17) is 21.8 Å². The minimum absolute atomic E-state index is 0.00182. The van der Waals surface area contributed by atoms with Crippen molar-refractivity contribution in [3.05, 3.63) is 0 Å². The maximum Gasteiger partial charge on any atom is 0.268 e. The van der Waals surface area contributed by atoms with Crippen molar-refractivity contribution >= 4 is 7.82 Å².